The van der Waals surface area contributed by atoms with E-state index < -0.39 is 30.8 Å². The first-order chi connectivity index (χ1) is 9.29. The number of rotatable bonds is 5. The quantitative estimate of drug-likeness (QED) is 0.307. The number of oxime groups is 1. The summed E-state index contributed by atoms with van der Waals surface area (Å²) in [6.45, 7) is -2.21. The van der Waals surface area contributed by atoms with Crippen molar-refractivity contribution < 1.29 is 27.9 Å². The van der Waals surface area contributed by atoms with E-state index in [1.165, 1.54) is 0 Å². The van der Waals surface area contributed by atoms with Crippen molar-refractivity contribution in [2.75, 3.05) is 13.2 Å². The molecule has 6 nitrogen and oxygen atoms in total. The number of hydrogen-bond donors (Lipinski definition) is 3. The van der Waals surface area contributed by atoms with Crippen LogP contribution in [0.3, 0.4) is 0 Å². The van der Waals surface area contributed by atoms with Gasteiger partial charge in [0.05, 0.1) is 0 Å². The van der Waals surface area contributed by atoms with Crippen LogP contribution in [0, 0.1) is 0 Å². The van der Waals surface area contributed by atoms with Gasteiger partial charge in [-0.2, -0.15) is 13.2 Å². The fourth-order valence-electron chi connectivity index (χ4n) is 2.26. The fourth-order valence-corrected chi connectivity index (χ4v) is 2.26. The Morgan fingerprint density at radius 1 is 1.35 bits per heavy atom. The van der Waals surface area contributed by atoms with E-state index in [9.17, 15) is 18.0 Å². The molecule has 0 bridgehead atoms. The molecule has 1 saturated carbocycles. The fraction of sp³-hybridized carbons (Fsp3) is 0.818. The van der Waals surface area contributed by atoms with Gasteiger partial charge in [-0.3, -0.25) is 4.79 Å². The van der Waals surface area contributed by atoms with Crippen LogP contribution in [0.5, 0.6) is 0 Å². The highest BCUT2D eigenvalue weighted by Crippen LogP contribution is 2.28. The van der Waals surface area contributed by atoms with Gasteiger partial charge in [-0.1, -0.05) is 24.4 Å². The average Bonchev–Trinajstić information content (AvgIpc) is 2.37. The molecule has 0 aromatic heterocycles. The van der Waals surface area contributed by atoms with Crippen molar-refractivity contribution >= 4 is 11.7 Å². The lowest BCUT2D eigenvalue weighted by Gasteiger charge is -2.36. The van der Waals surface area contributed by atoms with Crippen molar-refractivity contribution in [3.05, 3.63) is 0 Å². The number of alkyl halides is 3. The van der Waals surface area contributed by atoms with E-state index in [0.29, 0.717) is 12.8 Å². The van der Waals surface area contributed by atoms with E-state index in [4.69, 9.17) is 10.9 Å². The summed E-state index contributed by atoms with van der Waals surface area (Å²) in [7, 11) is 0. The van der Waals surface area contributed by atoms with Gasteiger partial charge in [0.25, 0.3) is 0 Å². The van der Waals surface area contributed by atoms with Gasteiger partial charge in [-0.05, 0) is 12.8 Å². The number of carbonyl (C=O) groups is 1. The molecule has 0 aromatic rings. The molecule has 20 heavy (non-hydrogen) atoms. The molecule has 1 aliphatic rings. The number of amidine groups is 1. The Balaban J connectivity index is 2.55. The predicted octanol–water partition coefficient (Wildman–Crippen LogP) is 1.13. The molecule has 1 amide bonds. The van der Waals surface area contributed by atoms with Crippen molar-refractivity contribution in [1.82, 2.24) is 5.32 Å². The van der Waals surface area contributed by atoms with Gasteiger partial charge in [0, 0.05) is 0 Å². The normalized spacial score (nSPS) is 19.6. The van der Waals surface area contributed by atoms with Crippen LogP contribution in [0.2, 0.25) is 0 Å². The molecule has 0 unspecified atom stereocenters. The molecule has 0 aliphatic heterocycles. The first-order valence-electron chi connectivity index (χ1n) is 6.22. The predicted molar refractivity (Wildman–Crippen MR) is 64.2 cm³/mol. The SMILES string of the molecule is NC(=NO)C1(NC(=O)COCC(F)(F)F)CCCCC1. The molecule has 116 valence electrons. The lowest BCUT2D eigenvalue weighted by molar-refractivity contribution is -0.175. The van der Waals surface area contributed by atoms with E-state index >= 15 is 0 Å². The zero-order valence-corrected chi connectivity index (χ0v) is 10.9. The third-order valence-corrected chi connectivity index (χ3v) is 3.18. The lowest BCUT2D eigenvalue weighted by Crippen LogP contribution is -2.59. The maximum absolute atomic E-state index is 11.9. The summed E-state index contributed by atoms with van der Waals surface area (Å²) in [5.74, 6) is -0.857. The number of ether oxygens (including phenoxy) is 1. The highest BCUT2D eigenvalue weighted by Gasteiger charge is 2.38. The summed E-state index contributed by atoms with van der Waals surface area (Å²) in [5, 5.41) is 14.2. The van der Waals surface area contributed by atoms with Crippen molar-refractivity contribution in [2.24, 2.45) is 10.9 Å². The number of nitrogens with one attached hydrogen (secondary N) is 1. The molecule has 1 fully saturated rings. The molecule has 1 aliphatic carbocycles. The third-order valence-electron chi connectivity index (χ3n) is 3.18. The molecule has 0 saturated heterocycles. The Morgan fingerprint density at radius 3 is 2.45 bits per heavy atom. The second-order valence-electron chi connectivity index (χ2n) is 4.78. The number of carbonyl (C=O) groups excluding carboxylic acids is 1. The lowest BCUT2D eigenvalue weighted by atomic mass is 9.80. The maximum Gasteiger partial charge on any atom is 0.411 e. The van der Waals surface area contributed by atoms with Gasteiger partial charge in [-0.25, -0.2) is 0 Å². The van der Waals surface area contributed by atoms with Crippen LogP contribution in [-0.4, -0.2) is 41.9 Å². The molecule has 0 aromatic carbocycles. The van der Waals surface area contributed by atoms with E-state index in [0.717, 1.165) is 19.3 Å². The Labute approximate surface area is 114 Å². The summed E-state index contributed by atoms with van der Waals surface area (Å²) in [4.78, 5) is 11.6. The van der Waals surface area contributed by atoms with Crippen LogP contribution in [0.1, 0.15) is 32.1 Å². The summed E-state index contributed by atoms with van der Waals surface area (Å²) >= 11 is 0. The third kappa shape index (κ3) is 4.87. The van der Waals surface area contributed by atoms with E-state index in [1.807, 2.05) is 0 Å². The van der Waals surface area contributed by atoms with Crippen LogP contribution in [0.4, 0.5) is 13.2 Å². The molecule has 4 N–H and O–H groups in total. The summed E-state index contributed by atoms with van der Waals surface area (Å²) < 4.78 is 40.0. The van der Waals surface area contributed by atoms with E-state index in [-0.39, 0.29) is 5.84 Å². The number of nitrogens with zero attached hydrogens (tertiary/aromatic N) is 1. The largest absolute Gasteiger partial charge is 0.411 e. The molecule has 0 radical (unpaired) electrons. The minimum Gasteiger partial charge on any atom is -0.409 e. The minimum atomic E-state index is -4.48. The first-order valence-corrected chi connectivity index (χ1v) is 6.22. The Hall–Kier alpha value is -1.51. The Morgan fingerprint density at radius 2 is 1.95 bits per heavy atom. The zero-order chi connectivity index (χ0) is 15.2. The van der Waals surface area contributed by atoms with E-state index in [1.54, 1.807) is 0 Å². The van der Waals surface area contributed by atoms with Crippen molar-refractivity contribution in [3.8, 4) is 0 Å². The molecule has 0 spiro atoms. The van der Waals surface area contributed by atoms with Crippen LogP contribution < -0.4 is 11.1 Å². The van der Waals surface area contributed by atoms with Crippen LogP contribution in [0.25, 0.3) is 0 Å². The second kappa shape index (κ2) is 6.78. The van der Waals surface area contributed by atoms with Gasteiger partial charge >= 0.3 is 6.18 Å². The summed E-state index contributed by atoms with van der Waals surface area (Å²) in [5.41, 5.74) is 4.60. The van der Waals surface area contributed by atoms with Crippen LogP contribution in [-0.2, 0) is 9.53 Å². The Kier molecular flexibility index (Phi) is 5.61. The van der Waals surface area contributed by atoms with Crippen LogP contribution >= 0.6 is 0 Å². The van der Waals surface area contributed by atoms with Gasteiger partial charge in [0.1, 0.15) is 18.8 Å². The van der Waals surface area contributed by atoms with Gasteiger partial charge in [0.15, 0.2) is 5.84 Å². The molecule has 0 atom stereocenters. The van der Waals surface area contributed by atoms with Crippen molar-refractivity contribution in [3.63, 3.8) is 0 Å². The molecule has 1 rings (SSSR count). The number of amides is 1. The smallest absolute Gasteiger partial charge is 0.409 e. The topological polar surface area (TPSA) is 96.9 Å². The number of halogens is 3. The standard InChI is InChI=1S/C11H18F3N3O3/c12-11(13,14)7-20-6-8(18)16-10(9(15)17-19)4-2-1-3-5-10/h19H,1-7H2,(H2,15,17)(H,16,18). The summed E-state index contributed by atoms with van der Waals surface area (Å²) in [6.07, 6.45) is -1.00. The van der Waals surface area contributed by atoms with Gasteiger partial charge < -0.3 is 21.0 Å². The molecule has 9 heteroatoms. The zero-order valence-electron chi connectivity index (χ0n) is 10.9. The highest BCUT2D eigenvalue weighted by molar-refractivity contribution is 5.94. The number of hydrogen-bond acceptors (Lipinski definition) is 4. The first kappa shape index (κ1) is 16.5. The molecular formula is C11H18F3N3O3. The van der Waals surface area contributed by atoms with Crippen LogP contribution in [0.15, 0.2) is 5.16 Å². The second-order valence-corrected chi connectivity index (χ2v) is 4.78. The van der Waals surface area contributed by atoms with Crippen molar-refractivity contribution in [1.29, 1.82) is 0 Å². The number of nitrogens with two attached hydrogens (primary N) is 1. The summed E-state index contributed by atoms with van der Waals surface area (Å²) in [6, 6.07) is 0. The van der Waals surface area contributed by atoms with Gasteiger partial charge in [0.2, 0.25) is 5.91 Å². The Bertz CT molecular complexity index is 366. The minimum absolute atomic E-state index is 0.138. The maximum atomic E-state index is 11.9. The molecular weight excluding hydrogens is 279 g/mol. The van der Waals surface area contributed by atoms with E-state index in [2.05, 4.69) is 15.2 Å². The van der Waals surface area contributed by atoms with Crippen molar-refractivity contribution in [2.45, 2.75) is 43.8 Å². The average molecular weight is 297 g/mol. The highest BCUT2D eigenvalue weighted by atomic mass is 19.4. The molecule has 0 heterocycles. The van der Waals surface area contributed by atoms with Gasteiger partial charge in [-0.15, -0.1) is 0 Å². The monoisotopic (exact) mass is 297 g/mol.